The Bertz CT molecular complexity index is 323. The molecule has 1 aromatic carbocycles. The second-order valence-corrected chi connectivity index (χ2v) is 5.17. The summed E-state index contributed by atoms with van der Waals surface area (Å²) in [6.07, 6.45) is 3.62. The van der Waals surface area contributed by atoms with E-state index in [0.717, 1.165) is 12.1 Å². The highest BCUT2D eigenvalue weighted by atomic mass is 16.5. The van der Waals surface area contributed by atoms with Crippen molar-refractivity contribution >= 4 is 0 Å². The summed E-state index contributed by atoms with van der Waals surface area (Å²) in [6, 6.07) is 10.1. The van der Waals surface area contributed by atoms with Gasteiger partial charge in [-0.05, 0) is 24.8 Å². The van der Waals surface area contributed by atoms with Crippen LogP contribution in [0.3, 0.4) is 0 Å². The summed E-state index contributed by atoms with van der Waals surface area (Å²) in [7, 11) is 0. The van der Waals surface area contributed by atoms with Gasteiger partial charge in [0.15, 0.2) is 0 Å². The number of quaternary nitrogens is 1. The SMILES string of the molecule is OC(COCc1ccccc1)C[NH+]1CCCCC1. The van der Waals surface area contributed by atoms with Crippen molar-refractivity contribution in [2.45, 2.75) is 32.0 Å². The van der Waals surface area contributed by atoms with Crippen LogP contribution in [-0.4, -0.2) is 37.5 Å². The van der Waals surface area contributed by atoms with Crippen LogP contribution in [0.1, 0.15) is 24.8 Å². The fourth-order valence-electron chi connectivity index (χ4n) is 2.54. The molecule has 100 valence electrons. The van der Waals surface area contributed by atoms with E-state index in [4.69, 9.17) is 4.74 Å². The summed E-state index contributed by atoms with van der Waals surface area (Å²) in [6.45, 7) is 4.27. The van der Waals surface area contributed by atoms with Crippen LogP contribution in [0.25, 0.3) is 0 Å². The summed E-state index contributed by atoms with van der Waals surface area (Å²) in [4.78, 5) is 1.53. The van der Waals surface area contributed by atoms with E-state index in [-0.39, 0.29) is 6.10 Å². The standard InChI is InChI=1S/C15H23NO2/c17-15(11-16-9-5-2-6-10-16)13-18-12-14-7-3-1-4-8-14/h1,3-4,7-8,15,17H,2,5-6,9-13H2/p+1. The molecule has 0 spiro atoms. The third kappa shape index (κ3) is 4.77. The van der Waals surface area contributed by atoms with Crippen molar-refractivity contribution in [3.8, 4) is 0 Å². The predicted molar refractivity (Wildman–Crippen MR) is 71.5 cm³/mol. The number of hydrogen-bond acceptors (Lipinski definition) is 2. The first kappa shape index (κ1) is 13.5. The Kier molecular flexibility index (Phi) is 5.65. The van der Waals surface area contributed by atoms with Crippen molar-refractivity contribution < 1.29 is 14.7 Å². The van der Waals surface area contributed by atoms with E-state index in [1.165, 1.54) is 37.3 Å². The van der Waals surface area contributed by atoms with E-state index in [0.29, 0.717) is 13.2 Å². The van der Waals surface area contributed by atoms with Crippen LogP contribution in [0.15, 0.2) is 30.3 Å². The Morgan fingerprint density at radius 2 is 1.83 bits per heavy atom. The molecule has 1 aliphatic heterocycles. The number of hydrogen-bond donors (Lipinski definition) is 2. The molecule has 3 heteroatoms. The van der Waals surface area contributed by atoms with Crippen LogP contribution in [-0.2, 0) is 11.3 Å². The number of aliphatic hydroxyl groups excluding tert-OH is 1. The second kappa shape index (κ2) is 7.52. The third-order valence-corrected chi connectivity index (χ3v) is 3.51. The highest BCUT2D eigenvalue weighted by Gasteiger charge is 2.17. The molecule has 3 nitrogen and oxygen atoms in total. The highest BCUT2D eigenvalue weighted by Crippen LogP contribution is 2.01. The average molecular weight is 250 g/mol. The van der Waals surface area contributed by atoms with Crippen LogP contribution in [0.4, 0.5) is 0 Å². The molecule has 2 rings (SSSR count). The first-order valence-corrected chi connectivity index (χ1v) is 6.98. The van der Waals surface area contributed by atoms with Crippen LogP contribution in [0.5, 0.6) is 0 Å². The van der Waals surface area contributed by atoms with Gasteiger partial charge in [-0.3, -0.25) is 0 Å². The monoisotopic (exact) mass is 250 g/mol. The fraction of sp³-hybridized carbons (Fsp3) is 0.600. The van der Waals surface area contributed by atoms with Crippen molar-refractivity contribution in [2.75, 3.05) is 26.2 Å². The first-order chi connectivity index (χ1) is 8.84. The minimum Gasteiger partial charge on any atom is -0.385 e. The Balaban J connectivity index is 1.61. The van der Waals surface area contributed by atoms with Gasteiger partial charge in [-0.2, -0.15) is 0 Å². The maximum atomic E-state index is 9.93. The van der Waals surface area contributed by atoms with Crippen LogP contribution in [0.2, 0.25) is 0 Å². The number of nitrogens with one attached hydrogen (secondary N) is 1. The van der Waals surface area contributed by atoms with E-state index in [1.54, 1.807) is 0 Å². The van der Waals surface area contributed by atoms with Gasteiger partial charge in [0.1, 0.15) is 12.6 Å². The molecule has 1 unspecified atom stereocenters. The molecule has 1 atom stereocenters. The molecule has 1 saturated heterocycles. The number of ether oxygens (including phenoxy) is 1. The van der Waals surface area contributed by atoms with Gasteiger partial charge in [-0.15, -0.1) is 0 Å². The summed E-state index contributed by atoms with van der Waals surface area (Å²) < 4.78 is 5.56. The van der Waals surface area contributed by atoms with E-state index in [2.05, 4.69) is 0 Å². The summed E-state index contributed by atoms with van der Waals surface area (Å²) >= 11 is 0. The lowest BCUT2D eigenvalue weighted by Crippen LogP contribution is -3.14. The van der Waals surface area contributed by atoms with Crippen molar-refractivity contribution in [2.24, 2.45) is 0 Å². The molecular weight excluding hydrogens is 226 g/mol. The molecule has 0 aromatic heterocycles. The summed E-state index contributed by atoms with van der Waals surface area (Å²) in [5.74, 6) is 0. The van der Waals surface area contributed by atoms with Crippen LogP contribution >= 0.6 is 0 Å². The lowest BCUT2D eigenvalue weighted by Gasteiger charge is -2.25. The van der Waals surface area contributed by atoms with Crippen molar-refractivity contribution in [3.63, 3.8) is 0 Å². The molecule has 1 heterocycles. The van der Waals surface area contributed by atoms with E-state index >= 15 is 0 Å². The molecule has 1 fully saturated rings. The topological polar surface area (TPSA) is 33.9 Å². The van der Waals surface area contributed by atoms with Gasteiger partial charge in [-0.1, -0.05) is 30.3 Å². The highest BCUT2D eigenvalue weighted by molar-refractivity contribution is 5.13. The van der Waals surface area contributed by atoms with Gasteiger partial charge < -0.3 is 14.7 Å². The van der Waals surface area contributed by atoms with Gasteiger partial charge in [0.05, 0.1) is 26.3 Å². The second-order valence-electron chi connectivity index (χ2n) is 5.17. The maximum Gasteiger partial charge on any atom is 0.126 e. The quantitative estimate of drug-likeness (QED) is 0.776. The predicted octanol–water partition coefficient (Wildman–Crippen LogP) is 0.633. The van der Waals surface area contributed by atoms with Gasteiger partial charge in [0, 0.05) is 0 Å². The number of piperidine rings is 1. The zero-order valence-electron chi connectivity index (χ0n) is 11.0. The molecule has 0 saturated carbocycles. The van der Waals surface area contributed by atoms with E-state index in [1.807, 2.05) is 30.3 Å². The number of likely N-dealkylation sites (tertiary alicyclic amines) is 1. The number of benzene rings is 1. The molecule has 1 aromatic rings. The Morgan fingerprint density at radius 1 is 1.11 bits per heavy atom. The molecule has 18 heavy (non-hydrogen) atoms. The lowest BCUT2D eigenvalue weighted by molar-refractivity contribution is -0.908. The molecule has 1 aliphatic rings. The fourth-order valence-corrected chi connectivity index (χ4v) is 2.54. The molecular formula is C15H24NO2+. The first-order valence-electron chi connectivity index (χ1n) is 6.98. The molecule has 0 amide bonds. The van der Waals surface area contributed by atoms with E-state index in [9.17, 15) is 5.11 Å². The smallest absolute Gasteiger partial charge is 0.126 e. The van der Waals surface area contributed by atoms with Gasteiger partial charge in [0.2, 0.25) is 0 Å². The minimum absolute atomic E-state index is 0.332. The van der Waals surface area contributed by atoms with Crippen molar-refractivity contribution in [1.82, 2.24) is 0 Å². The van der Waals surface area contributed by atoms with Crippen molar-refractivity contribution in [3.05, 3.63) is 35.9 Å². The molecule has 0 radical (unpaired) electrons. The summed E-state index contributed by atoms with van der Waals surface area (Å²) in [5, 5.41) is 9.93. The maximum absolute atomic E-state index is 9.93. The summed E-state index contributed by atoms with van der Waals surface area (Å²) in [5.41, 5.74) is 1.16. The molecule has 0 aliphatic carbocycles. The Morgan fingerprint density at radius 3 is 2.56 bits per heavy atom. The van der Waals surface area contributed by atoms with Gasteiger partial charge in [0.25, 0.3) is 0 Å². The Labute approximate surface area is 109 Å². The largest absolute Gasteiger partial charge is 0.385 e. The van der Waals surface area contributed by atoms with E-state index < -0.39 is 0 Å². The minimum atomic E-state index is -0.332. The van der Waals surface area contributed by atoms with Gasteiger partial charge >= 0.3 is 0 Å². The average Bonchev–Trinajstić information content (AvgIpc) is 2.41. The Hall–Kier alpha value is -0.900. The zero-order valence-corrected chi connectivity index (χ0v) is 11.0. The van der Waals surface area contributed by atoms with Gasteiger partial charge in [-0.25, -0.2) is 0 Å². The number of aliphatic hydroxyl groups is 1. The van der Waals surface area contributed by atoms with Crippen LogP contribution < -0.4 is 4.90 Å². The molecule has 0 bridgehead atoms. The molecule has 2 N–H and O–H groups in total. The third-order valence-electron chi connectivity index (χ3n) is 3.51. The zero-order chi connectivity index (χ0) is 12.6. The normalized spacial score (nSPS) is 18.7. The lowest BCUT2D eigenvalue weighted by atomic mass is 10.1. The number of rotatable bonds is 6. The van der Waals surface area contributed by atoms with Crippen molar-refractivity contribution in [1.29, 1.82) is 0 Å². The van der Waals surface area contributed by atoms with Crippen LogP contribution in [0, 0.1) is 0 Å².